The Hall–Kier alpha value is -2.28. The van der Waals surface area contributed by atoms with E-state index in [-0.39, 0.29) is 0 Å². The van der Waals surface area contributed by atoms with E-state index in [0.29, 0.717) is 0 Å². The van der Waals surface area contributed by atoms with Gasteiger partial charge in [0.2, 0.25) is 0 Å². The van der Waals surface area contributed by atoms with Crippen LogP contribution in [0, 0.1) is 6.92 Å². The Labute approximate surface area is 117 Å². The molecule has 0 amide bonds. The van der Waals surface area contributed by atoms with Crippen LogP contribution in [-0.4, -0.2) is 0 Å². The van der Waals surface area contributed by atoms with E-state index >= 15 is 0 Å². The molecule has 2 aromatic carbocycles. The second kappa shape index (κ2) is 4.38. The van der Waals surface area contributed by atoms with Gasteiger partial charge in [-0.15, -0.1) is 0 Å². The first-order chi connectivity index (χ1) is 9.83. The van der Waals surface area contributed by atoms with E-state index in [1.807, 2.05) is 0 Å². The van der Waals surface area contributed by atoms with Gasteiger partial charge in [0.1, 0.15) is 11.0 Å². The van der Waals surface area contributed by atoms with Gasteiger partial charge in [-0.2, -0.15) is 0 Å². The van der Waals surface area contributed by atoms with Gasteiger partial charge >= 0.3 is 0 Å². The van der Waals surface area contributed by atoms with Gasteiger partial charge in [-0.1, -0.05) is 54.1 Å². The number of hydrogen-bond acceptors (Lipinski definition) is 1. The molecule has 1 aliphatic carbocycles. The largest absolute Gasteiger partial charge is 0.456 e. The SMILES string of the molecule is Cc1ccc(-c2cccc3c4c(oc23)=CCCC=4)cc1. The van der Waals surface area contributed by atoms with Crippen LogP contribution in [0.15, 0.2) is 46.9 Å². The molecule has 0 saturated carbocycles. The van der Waals surface area contributed by atoms with Crippen molar-refractivity contribution in [2.45, 2.75) is 19.8 Å². The van der Waals surface area contributed by atoms with Crippen LogP contribution in [0.4, 0.5) is 0 Å². The highest BCUT2D eigenvalue weighted by Crippen LogP contribution is 2.27. The van der Waals surface area contributed by atoms with Gasteiger partial charge < -0.3 is 4.42 Å². The minimum Gasteiger partial charge on any atom is -0.456 e. The Morgan fingerprint density at radius 3 is 2.55 bits per heavy atom. The maximum absolute atomic E-state index is 6.12. The molecule has 0 atom stereocenters. The monoisotopic (exact) mass is 260 g/mol. The summed E-state index contributed by atoms with van der Waals surface area (Å²) in [6.45, 7) is 2.11. The quantitative estimate of drug-likeness (QED) is 0.649. The lowest BCUT2D eigenvalue weighted by molar-refractivity contribution is 0.572. The number of hydrogen-bond donors (Lipinski definition) is 0. The summed E-state index contributed by atoms with van der Waals surface area (Å²) < 4.78 is 6.12. The van der Waals surface area contributed by atoms with Crippen molar-refractivity contribution < 1.29 is 4.42 Å². The van der Waals surface area contributed by atoms with Crippen molar-refractivity contribution in [3.63, 3.8) is 0 Å². The molecule has 1 heteroatoms. The van der Waals surface area contributed by atoms with E-state index in [0.717, 1.165) is 23.8 Å². The molecular formula is C19H16O. The third kappa shape index (κ3) is 1.70. The minimum atomic E-state index is 1.01. The molecule has 98 valence electrons. The van der Waals surface area contributed by atoms with Crippen LogP contribution in [0.2, 0.25) is 0 Å². The molecule has 0 bridgehead atoms. The summed E-state index contributed by atoms with van der Waals surface area (Å²) in [6.07, 6.45) is 6.68. The fraction of sp³-hybridized carbons (Fsp3) is 0.158. The first kappa shape index (κ1) is 11.5. The van der Waals surface area contributed by atoms with Gasteiger partial charge in [0.15, 0.2) is 0 Å². The van der Waals surface area contributed by atoms with Crippen molar-refractivity contribution in [3.05, 3.63) is 58.7 Å². The molecule has 1 aliphatic rings. The zero-order valence-electron chi connectivity index (χ0n) is 11.5. The van der Waals surface area contributed by atoms with Crippen molar-refractivity contribution in [3.8, 4) is 11.1 Å². The summed E-state index contributed by atoms with van der Waals surface area (Å²) in [4.78, 5) is 0. The molecule has 0 fully saturated rings. The van der Waals surface area contributed by atoms with E-state index in [2.05, 4.69) is 61.5 Å². The summed E-state index contributed by atoms with van der Waals surface area (Å²) in [5.41, 5.74) is 5.72. The maximum atomic E-state index is 6.12. The molecule has 0 saturated heterocycles. The molecule has 4 rings (SSSR count). The van der Waals surface area contributed by atoms with Crippen LogP contribution >= 0.6 is 0 Å². The molecule has 20 heavy (non-hydrogen) atoms. The van der Waals surface area contributed by atoms with Gasteiger partial charge in [0.05, 0.1) is 0 Å². The van der Waals surface area contributed by atoms with E-state index in [1.165, 1.54) is 27.3 Å². The molecular weight excluding hydrogens is 244 g/mol. The van der Waals surface area contributed by atoms with Crippen molar-refractivity contribution in [1.29, 1.82) is 0 Å². The first-order valence-electron chi connectivity index (χ1n) is 7.12. The van der Waals surface area contributed by atoms with Crippen LogP contribution in [0.3, 0.4) is 0 Å². The average molecular weight is 260 g/mol. The fourth-order valence-corrected chi connectivity index (χ4v) is 2.92. The zero-order valence-corrected chi connectivity index (χ0v) is 11.5. The smallest absolute Gasteiger partial charge is 0.143 e. The Morgan fingerprint density at radius 1 is 0.900 bits per heavy atom. The third-order valence-electron chi connectivity index (χ3n) is 3.99. The van der Waals surface area contributed by atoms with Crippen LogP contribution in [0.1, 0.15) is 18.4 Å². The number of fused-ring (bicyclic) bond motifs is 3. The lowest BCUT2D eigenvalue weighted by atomic mass is 10.0. The number of aryl methyl sites for hydroxylation is 1. The third-order valence-corrected chi connectivity index (χ3v) is 3.99. The maximum Gasteiger partial charge on any atom is 0.143 e. The number of furan rings is 1. The number of benzene rings is 2. The summed E-state index contributed by atoms with van der Waals surface area (Å²) in [7, 11) is 0. The molecule has 0 unspecified atom stereocenters. The number of rotatable bonds is 1. The molecule has 3 aromatic rings. The molecule has 0 N–H and O–H groups in total. The highest BCUT2D eigenvalue weighted by Gasteiger charge is 2.10. The van der Waals surface area contributed by atoms with Gasteiger partial charge in [0, 0.05) is 16.2 Å². The van der Waals surface area contributed by atoms with Crippen molar-refractivity contribution in [2.24, 2.45) is 0 Å². The van der Waals surface area contributed by atoms with Gasteiger partial charge in [-0.05, 0) is 31.4 Å². The van der Waals surface area contributed by atoms with Crippen molar-refractivity contribution in [1.82, 2.24) is 0 Å². The predicted molar refractivity (Wildman–Crippen MR) is 83.8 cm³/mol. The van der Waals surface area contributed by atoms with E-state index in [1.54, 1.807) is 0 Å². The topological polar surface area (TPSA) is 13.1 Å². The lowest BCUT2D eigenvalue weighted by Crippen LogP contribution is -2.21. The second-order valence-corrected chi connectivity index (χ2v) is 5.41. The van der Waals surface area contributed by atoms with Crippen LogP contribution in [-0.2, 0) is 0 Å². The van der Waals surface area contributed by atoms with Crippen molar-refractivity contribution >= 4 is 23.1 Å². The highest BCUT2D eigenvalue weighted by molar-refractivity contribution is 5.93. The minimum absolute atomic E-state index is 1.01. The van der Waals surface area contributed by atoms with E-state index in [9.17, 15) is 0 Å². The zero-order chi connectivity index (χ0) is 13.5. The Bertz CT molecular complexity index is 895. The standard InChI is InChI=1S/C19H16O/c1-13-9-11-14(12-10-13)15-6-4-7-17-16-5-2-3-8-18(16)20-19(15)17/h4-12H,2-3H2,1H3. The molecule has 1 heterocycles. The first-order valence-corrected chi connectivity index (χ1v) is 7.12. The molecule has 1 aromatic heterocycles. The second-order valence-electron chi connectivity index (χ2n) is 5.41. The summed E-state index contributed by atoms with van der Waals surface area (Å²) in [5, 5.41) is 2.49. The predicted octanol–water partition coefficient (Wildman–Crippen LogP) is 3.76. The van der Waals surface area contributed by atoms with Crippen LogP contribution in [0.25, 0.3) is 34.2 Å². The molecule has 0 aliphatic heterocycles. The van der Waals surface area contributed by atoms with Crippen LogP contribution in [0.5, 0.6) is 0 Å². The Morgan fingerprint density at radius 2 is 1.70 bits per heavy atom. The fourth-order valence-electron chi connectivity index (χ4n) is 2.92. The summed E-state index contributed by atoms with van der Waals surface area (Å²) >= 11 is 0. The van der Waals surface area contributed by atoms with Gasteiger partial charge in [0.25, 0.3) is 0 Å². The summed E-state index contributed by atoms with van der Waals surface area (Å²) in [6, 6.07) is 15.0. The molecule has 0 radical (unpaired) electrons. The Kier molecular flexibility index (Phi) is 2.53. The Balaban J connectivity index is 2.06. The average Bonchev–Trinajstić information content (AvgIpc) is 2.87. The van der Waals surface area contributed by atoms with Gasteiger partial charge in [-0.3, -0.25) is 0 Å². The van der Waals surface area contributed by atoms with Crippen molar-refractivity contribution in [2.75, 3.05) is 0 Å². The molecule has 0 spiro atoms. The normalized spacial score (nSPS) is 13.7. The van der Waals surface area contributed by atoms with E-state index in [4.69, 9.17) is 4.42 Å². The summed E-state index contributed by atoms with van der Waals surface area (Å²) in [5.74, 6) is 0. The van der Waals surface area contributed by atoms with E-state index < -0.39 is 0 Å². The number of para-hydroxylation sites is 1. The lowest BCUT2D eigenvalue weighted by Gasteiger charge is -2.03. The highest BCUT2D eigenvalue weighted by atomic mass is 16.3. The van der Waals surface area contributed by atoms with Gasteiger partial charge in [-0.25, -0.2) is 0 Å². The van der Waals surface area contributed by atoms with Crippen LogP contribution < -0.4 is 10.6 Å². The molecule has 1 nitrogen and oxygen atoms in total.